The van der Waals surface area contributed by atoms with E-state index in [1.807, 2.05) is 0 Å². The molecule has 0 aromatic heterocycles. The van der Waals surface area contributed by atoms with Crippen LogP contribution in [-0.4, -0.2) is 43.7 Å². The highest BCUT2D eigenvalue weighted by Crippen LogP contribution is 2.26. The normalized spacial score (nSPS) is 17.8. The van der Waals surface area contributed by atoms with Gasteiger partial charge in [-0.05, 0) is 24.3 Å². The number of benzene rings is 1. The molecule has 0 saturated carbocycles. The molecule has 2 rings (SSSR count). The van der Waals surface area contributed by atoms with E-state index >= 15 is 0 Å². The van der Waals surface area contributed by atoms with Crippen molar-refractivity contribution < 1.29 is 37.3 Å². The lowest BCUT2D eigenvalue weighted by molar-refractivity contribution is -0.206. The van der Waals surface area contributed by atoms with E-state index in [0.29, 0.717) is 17.2 Å². The van der Waals surface area contributed by atoms with E-state index in [2.05, 4.69) is 0 Å². The summed E-state index contributed by atoms with van der Waals surface area (Å²) in [6, 6.07) is 6.18. The Labute approximate surface area is 136 Å². The molecule has 1 aromatic carbocycles. The van der Waals surface area contributed by atoms with Crippen LogP contribution in [-0.2, 0) is 9.47 Å². The van der Waals surface area contributed by atoms with Crippen LogP contribution in [0.5, 0.6) is 5.75 Å². The molecule has 0 aliphatic carbocycles. The van der Waals surface area contributed by atoms with Gasteiger partial charge in [-0.15, -0.1) is 0 Å². The summed E-state index contributed by atoms with van der Waals surface area (Å²) in [5.41, 5.74) is 0.544. The maximum atomic E-state index is 12.2. The second-order valence-electron chi connectivity index (χ2n) is 4.96. The monoisotopic (exact) mass is 347 g/mol. The Morgan fingerprint density at radius 2 is 2.04 bits per heavy atom. The number of nitrogens with zero attached hydrogens (tertiary/aromatic N) is 1. The quantitative estimate of drug-likeness (QED) is 0.802. The molecule has 0 bridgehead atoms. The van der Waals surface area contributed by atoms with Gasteiger partial charge in [-0.3, -0.25) is 4.90 Å². The fraction of sp³-hybridized carbons (Fsp3) is 0.400. The largest absolute Gasteiger partial charge is 0.501 e. The third kappa shape index (κ3) is 4.54. The highest BCUT2D eigenvalue weighted by atomic mass is 19.4. The molecule has 9 heteroatoms. The lowest BCUT2D eigenvalue weighted by Crippen LogP contribution is -2.30. The summed E-state index contributed by atoms with van der Waals surface area (Å²) in [6.07, 6.45) is -6.87. The summed E-state index contributed by atoms with van der Waals surface area (Å²) in [4.78, 5) is 13.1. The zero-order valence-corrected chi connectivity index (χ0v) is 12.7. The van der Waals surface area contributed by atoms with Crippen LogP contribution in [0.3, 0.4) is 0 Å². The summed E-state index contributed by atoms with van der Waals surface area (Å²) in [7, 11) is 1.44. The molecular formula is C15H16F3NO5. The van der Waals surface area contributed by atoms with Gasteiger partial charge >= 0.3 is 12.3 Å². The Morgan fingerprint density at radius 1 is 1.38 bits per heavy atom. The number of hydrogen-bond donors (Lipinski definition) is 1. The van der Waals surface area contributed by atoms with Crippen LogP contribution in [0.25, 0.3) is 0 Å². The van der Waals surface area contributed by atoms with Crippen molar-refractivity contribution in [1.29, 1.82) is 0 Å². The van der Waals surface area contributed by atoms with E-state index in [1.54, 1.807) is 12.1 Å². The van der Waals surface area contributed by atoms with Gasteiger partial charge in [0.2, 0.25) is 0 Å². The number of ether oxygens (including phenoxy) is 3. The van der Waals surface area contributed by atoms with Crippen molar-refractivity contribution in [3.8, 4) is 5.75 Å². The third-order valence-electron chi connectivity index (χ3n) is 3.19. The minimum absolute atomic E-state index is 0.213. The maximum Gasteiger partial charge on any atom is 0.420 e. The van der Waals surface area contributed by atoms with Crippen LogP contribution in [0.15, 0.2) is 36.3 Å². The highest BCUT2D eigenvalue weighted by molar-refractivity contribution is 5.91. The minimum Gasteiger partial charge on any atom is -0.501 e. The Balaban J connectivity index is 1.89. The van der Waals surface area contributed by atoms with Crippen molar-refractivity contribution >= 4 is 11.8 Å². The molecule has 1 amide bonds. The number of alkyl halides is 3. The number of anilines is 1. The number of carbonyl (C=O) groups is 1. The van der Waals surface area contributed by atoms with Crippen molar-refractivity contribution in [3.05, 3.63) is 36.3 Å². The number of aliphatic hydroxyl groups excluding tert-OH is 1. The molecule has 24 heavy (non-hydrogen) atoms. The molecule has 1 heterocycles. The molecule has 0 spiro atoms. The van der Waals surface area contributed by atoms with Gasteiger partial charge in [0.15, 0.2) is 11.9 Å². The van der Waals surface area contributed by atoms with Gasteiger partial charge in [-0.25, -0.2) is 4.79 Å². The van der Waals surface area contributed by atoms with Gasteiger partial charge in [0.25, 0.3) is 0 Å². The number of cyclic esters (lactones) is 1. The summed E-state index contributed by atoms with van der Waals surface area (Å²) < 4.78 is 51.4. The molecule has 0 radical (unpaired) electrons. The maximum absolute atomic E-state index is 12.2. The number of rotatable bonds is 6. The Bertz CT molecular complexity index is 600. The van der Waals surface area contributed by atoms with Gasteiger partial charge < -0.3 is 19.3 Å². The topological polar surface area (TPSA) is 68.2 Å². The number of aliphatic hydroxyl groups is 1. The summed E-state index contributed by atoms with van der Waals surface area (Å²) >= 11 is 0. The Hall–Kier alpha value is -2.42. The molecule has 132 valence electrons. The van der Waals surface area contributed by atoms with E-state index in [0.717, 1.165) is 0 Å². The summed E-state index contributed by atoms with van der Waals surface area (Å²) in [5, 5.41) is 8.87. The predicted molar refractivity (Wildman–Crippen MR) is 77.5 cm³/mol. The molecule has 1 aliphatic heterocycles. The van der Waals surface area contributed by atoms with E-state index in [1.165, 1.54) is 30.4 Å². The van der Waals surface area contributed by atoms with Gasteiger partial charge in [0.05, 0.1) is 20.3 Å². The second-order valence-corrected chi connectivity index (χ2v) is 4.96. The van der Waals surface area contributed by atoms with Crippen molar-refractivity contribution in [1.82, 2.24) is 0 Å². The van der Waals surface area contributed by atoms with Crippen LogP contribution < -0.4 is 9.64 Å². The number of carbonyl (C=O) groups excluding carboxylic acids is 1. The van der Waals surface area contributed by atoms with Crippen LogP contribution in [0, 0.1) is 0 Å². The van der Waals surface area contributed by atoms with Crippen molar-refractivity contribution in [2.45, 2.75) is 18.7 Å². The second kappa shape index (κ2) is 7.43. The molecule has 6 nitrogen and oxygen atoms in total. The number of amides is 1. The van der Waals surface area contributed by atoms with Gasteiger partial charge in [-0.1, -0.05) is 0 Å². The van der Waals surface area contributed by atoms with Crippen LogP contribution >= 0.6 is 0 Å². The zero-order valence-electron chi connectivity index (χ0n) is 12.7. The molecular weight excluding hydrogens is 331 g/mol. The average Bonchev–Trinajstić information content (AvgIpc) is 2.88. The standard InChI is InChI=1S/C15H16F3NO5/c1-22-9-12-8-19(14(21)24-12)10-2-4-11(5-3-10)23-7-6-13(20)15(16,17)18/h2-5,9,13,20H,6-8H2,1H3/b12-9+/t13-/m1/s1. The molecule has 1 saturated heterocycles. The van der Waals surface area contributed by atoms with E-state index < -0.39 is 24.8 Å². The van der Waals surface area contributed by atoms with E-state index in [4.69, 9.17) is 19.3 Å². The van der Waals surface area contributed by atoms with E-state index in [-0.39, 0.29) is 13.2 Å². The average molecular weight is 347 g/mol. The SMILES string of the molecule is CO/C=C1\CN(c2ccc(OCC[C@@H](O)C(F)(F)F)cc2)C(=O)O1. The predicted octanol–water partition coefficient (Wildman–Crippen LogP) is 2.82. The van der Waals surface area contributed by atoms with E-state index in [9.17, 15) is 18.0 Å². The van der Waals surface area contributed by atoms with Gasteiger partial charge in [-0.2, -0.15) is 13.2 Å². The zero-order chi connectivity index (χ0) is 17.7. The van der Waals surface area contributed by atoms with Crippen LogP contribution in [0.4, 0.5) is 23.7 Å². The first kappa shape index (κ1) is 17.9. The van der Waals surface area contributed by atoms with Crippen LogP contribution in [0.2, 0.25) is 0 Å². The van der Waals surface area contributed by atoms with Gasteiger partial charge in [0, 0.05) is 12.1 Å². The molecule has 1 aromatic rings. The first-order chi connectivity index (χ1) is 11.3. The molecule has 1 fully saturated rings. The van der Waals surface area contributed by atoms with Crippen molar-refractivity contribution in [2.75, 3.05) is 25.2 Å². The summed E-state index contributed by atoms with van der Waals surface area (Å²) in [6.45, 7) is -0.0723. The lowest BCUT2D eigenvalue weighted by atomic mass is 10.2. The molecule has 1 atom stereocenters. The lowest BCUT2D eigenvalue weighted by Gasteiger charge is -2.15. The number of methoxy groups -OCH3 is 1. The first-order valence-corrected chi connectivity index (χ1v) is 7.00. The number of hydrogen-bond acceptors (Lipinski definition) is 5. The summed E-state index contributed by atoms with van der Waals surface area (Å²) in [5.74, 6) is 0.692. The Morgan fingerprint density at radius 3 is 2.62 bits per heavy atom. The Kier molecular flexibility index (Phi) is 5.55. The fourth-order valence-corrected chi connectivity index (χ4v) is 1.98. The van der Waals surface area contributed by atoms with Crippen LogP contribution in [0.1, 0.15) is 6.42 Å². The fourth-order valence-electron chi connectivity index (χ4n) is 1.98. The van der Waals surface area contributed by atoms with Gasteiger partial charge in [0.1, 0.15) is 12.0 Å². The molecule has 0 unspecified atom stereocenters. The first-order valence-electron chi connectivity index (χ1n) is 7.00. The van der Waals surface area contributed by atoms with Crippen molar-refractivity contribution in [3.63, 3.8) is 0 Å². The van der Waals surface area contributed by atoms with Crippen molar-refractivity contribution in [2.24, 2.45) is 0 Å². The molecule has 1 aliphatic rings. The smallest absolute Gasteiger partial charge is 0.420 e. The third-order valence-corrected chi connectivity index (χ3v) is 3.19. The number of halogens is 3. The highest BCUT2D eigenvalue weighted by Gasteiger charge is 2.37. The minimum atomic E-state index is -4.66. The molecule has 1 N–H and O–H groups in total.